The van der Waals surface area contributed by atoms with Gasteiger partial charge < -0.3 is 28.6 Å². The Morgan fingerprint density at radius 2 is 1.30 bits per heavy atom. The molecule has 0 saturated heterocycles. The molecule has 0 aliphatic carbocycles. The SMILES string of the molecule is CCCCN(C)CCCOc1ccc2nc(-c3ccc(OCCCN(C)CCCN(C)C)cc3)oc2c1. The molecule has 0 aliphatic rings. The molecule has 7 nitrogen and oxygen atoms in total. The van der Waals surface area contributed by atoms with Crippen molar-refractivity contribution in [1.82, 2.24) is 19.7 Å². The summed E-state index contributed by atoms with van der Waals surface area (Å²) in [6.07, 6.45) is 5.67. The topological polar surface area (TPSA) is 54.2 Å². The number of hydrogen-bond acceptors (Lipinski definition) is 7. The number of oxazole rings is 1. The fourth-order valence-electron chi connectivity index (χ4n) is 4.17. The van der Waals surface area contributed by atoms with E-state index in [4.69, 9.17) is 13.9 Å². The fraction of sp³-hybridized carbons (Fsp3) is 0.567. The Balaban J connectivity index is 1.42. The van der Waals surface area contributed by atoms with E-state index >= 15 is 0 Å². The number of rotatable bonds is 18. The van der Waals surface area contributed by atoms with E-state index in [0.717, 1.165) is 73.7 Å². The minimum atomic E-state index is 0.607. The summed E-state index contributed by atoms with van der Waals surface area (Å²) >= 11 is 0. The number of fused-ring (bicyclic) bond motifs is 1. The van der Waals surface area contributed by atoms with Crippen LogP contribution in [0.3, 0.4) is 0 Å². The van der Waals surface area contributed by atoms with Gasteiger partial charge in [0, 0.05) is 24.7 Å². The summed E-state index contributed by atoms with van der Waals surface area (Å²) < 4.78 is 17.9. The molecule has 0 bridgehead atoms. The number of unbranched alkanes of at least 4 members (excludes halogenated alkanes) is 1. The van der Waals surface area contributed by atoms with E-state index in [1.807, 2.05) is 42.5 Å². The Bertz CT molecular complexity index is 1030. The normalized spacial score (nSPS) is 11.8. The fourth-order valence-corrected chi connectivity index (χ4v) is 4.17. The minimum Gasteiger partial charge on any atom is -0.494 e. The first kappa shape index (κ1) is 29.0. The lowest BCUT2D eigenvalue weighted by Gasteiger charge is -2.18. The second kappa shape index (κ2) is 15.6. The molecule has 0 spiro atoms. The molecule has 0 aliphatic heterocycles. The maximum atomic E-state index is 6.05. The number of aromatic nitrogens is 1. The summed E-state index contributed by atoms with van der Waals surface area (Å²) in [7, 11) is 8.58. The van der Waals surface area contributed by atoms with Crippen molar-refractivity contribution in [2.75, 3.05) is 74.1 Å². The van der Waals surface area contributed by atoms with Gasteiger partial charge in [0.05, 0.1) is 13.2 Å². The van der Waals surface area contributed by atoms with Crippen LogP contribution in [-0.4, -0.2) is 93.8 Å². The van der Waals surface area contributed by atoms with Crippen molar-refractivity contribution < 1.29 is 13.9 Å². The summed E-state index contributed by atoms with van der Waals surface area (Å²) in [4.78, 5) is 11.6. The lowest BCUT2D eigenvalue weighted by Crippen LogP contribution is -2.25. The average Bonchev–Trinajstić information content (AvgIpc) is 3.31. The highest BCUT2D eigenvalue weighted by atomic mass is 16.5. The number of hydrogen-bond donors (Lipinski definition) is 0. The molecule has 0 radical (unpaired) electrons. The molecule has 1 aromatic heterocycles. The second-order valence-electron chi connectivity index (χ2n) is 10.2. The Kier molecular flexibility index (Phi) is 12.2. The number of ether oxygens (including phenoxy) is 2. The monoisotopic (exact) mass is 510 g/mol. The summed E-state index contributed by atoms with van der Waals surface area (Å²) in [5.74, 6) is 2.29. The van der Waals surface area contributed by atoms with Gasteiger partial charge in [-0.15, -0.1) is 0 Å². The zero-order chi connectivity index (χ0) is 26.5. The van der Waals surface area contributed by atoms with Crippen LogP contribution in [0.1, 0.15) is 39.0 Å². The predicted octanol–water partition coefficient (Wildman–Crippen LogP) is 5.65. The van der Waals surface area contributed by atoms with E-state index in [2.05, 4.69) is 54.8 Å². The zero-order valence-corrected chi connectivity index (χ0v) is 23.5. The van der Waals surface area contributed by atoms with E-state index in [-0.39, 0.29) is 0 Å². The Morgan fingerprint density at radius 3 is 1.95 bits per heavy atom. The van der Waals surface area contributed by atoms with E-state index in [1.165, 1.54) is 19.3 Å². The molecule has 0 unspecified atom stereocenters. The molecule has 7 heteroatoms. The van der Waals surface area contributed by atoms with E-state index < -0.39 is 0 Å². The third-order valence-electron chi connectivity index (χ3n) is 6.41. The van der Waals surface area contributed by atoms with Crippen LogP contribution in [0.25, 0.3) is 22.6 Å². The maximum Gasteiger partial charge on any atom is 0.227 e. The van der Waals surface area contributed by atoms with Gasteiger partial charge in [0.15, 0.2) is 5.58 Å². The van der Waals surface area contributed by atoms with Crippen molar-refractivity contribution in [3.63, 3.8) is 0 Å². The third-order valence-corrected chi connectivity index (χ3v) is 6.41. The van der Waals surface area contributed by atoms with Gasteiger partial charge in [-0.3, -0.25) is 0 Å². The van der Waals surface area contributed by atoms with Crippen molar-refractivity contribution in [1.29, 1.82) is 0 Å². The van der Waals surface area contributed by atoms with Gasteiger partial charge >= 0.3 is 0 Å². The molecule has 0 fully saturated rings. The van der Waals surface area contributed by atoms with Crippen molar-refractivity contribution in [2.45, 2.75) is 39.0 Å². The molecule has 3 rings (SSSR count). The summed E-state index contributed by atoms with van der Waals surface area (Å²) in [6, 6.07) is 13.8. The van der Waals surface area contributed by atoms with E-state index in [9.17, 15) is 0 Å². The van der Waals surface area contributed by atoms with Crippen LogP contribution < -0.4 is 9.47 Å². The van der Waals surface area contributed by atoms with Gasteiger partial charge in [-0.05, 0) is 110 Å². The van der Waals surface area contributed by atoms with Crippen LogP contribution in [0.4, 0.5) is 0 Å². The van der Waals surface area contributed by atoms with Gasteiger partial charge in [-0.2, -0.15) is 0 Å². The summed E-state index contributed by atoms with van der Waals surface area (Å²) in [6.45, 7) is 9.09. The first-order valence-corrected chi connectivity index (χ1v) is 13.7. The first-order chi connectivity index (χ1) is 17.9. The summed E-state index contributed by atoms with van der Waals surface area (Å²) in [5, 5.41) is 0. The largest absolute Gasteiger partial charge is 0.494 e. The van der Waals surface area contributed by atoms with Crippen LogP contribution in [0.2, 0.25) is 0 Å². The molecular formula is C30H46N4O3. The molecule has 0 saturated carbocycles. The van der Waals surface area contributed by atoms with Crippen LogP contribution in [0.5, 0.6) is 11.5 Å². The van der Waals surface area contributed by atoms with E-state index in [1.54, 1.807) is 0 Å². The molecule has 2 aromatic carbocycles. The minimum absolute atomic E-state index is 0.607. The molecule has 3 aromatic rings. The van der Waals surface area contributed by atoms with Crippen molar-refractivity contribution in [2.24, 2.45) is 0 Å². The van der Waals surface area contributed by atoms with Gasteiger partial charge in [-0.25, -0.2) is 4.98 Å². The number of benzene rings is 2. The highest BCUT2D eigenvalue weighted by Gasteiger charge is 2.10. The molecule has 37 heavy (non-hydrogen) atoms. The lowest BCUT2D eigenvalue weighted by molar-refractivity contribution is 0.254. The van der Waals surface area contributed by atoms with Crippen LogP contribution in [0.15, 0.2) is 46.9 Å². The molecule has 0 amide bonds. The molecule has 204 valence electrons. The van der Waals surface area contributed by atoms with Crippen LogP contribution in [0, 0.1) is 0 Å². The highest BCUT2D eigenvalue weighted by Crippen LogP contribution is 2.28. The van der Waals surface area contributed by atoms with Gasteiger partial charge in [0.25, 0.3) is 0 Å². The maximum absolute atomic E-state index is 6.05. The van der Waals surface area contributed by atoms with Gasteiger partial charge in [0.2, 0.25) is 5.89 Å². The Labute approximate surface area is 223 Å². The Hall–Kier alpha value is -2.61. The first-order valence-electron chi connectivity index (χ1n) is 13.7. The smallest absolute Gasteiger partial charge is 0.227 e. The van der Waals surface area contributed by atoms with Gasteiger partial charge in [0.1, 0.15) is 17.0 Å². The van der Waals surface area contributed by atoms with Crippen LogP contribution in [-0.2, 0) is 0 Å². The molecule has 1 heterocycles. The van der Waals surface area contributed by atoms with Crippen molar-refractivity contribution in [3.8, 4) is 23.0 Å². The van der Waals surface area contributed by atoms with Crippen molar-refractivity contribution in [3.05, 3.63) is 42.5 Å². The predicted molar refractivity (Wildman–Crippen MR) is 153 cm³/mol. The average molecular weight is 511 g/mol. The Morgan fingerprint density at radius 1 is 0.703 bits per heavy atom. The van der Waals surface area contributed by atoms with Crippen molar-refractivity contribution >= 4 is 11.1 Å². The second-order valence-corrected chi connectivity index (χ2v) is 10.2. The lowest BCUT2D eigenvalue weighted by atomic mass is 10.2. The zero-order valence-electron chi connectivity index (χ0n) is 23.5. The quantitative estimate of drug-likeness (QED) is 0.205. The molecular weight excluding hydrogens is 464 g/mol. The third kappa shape index (κ3) is 10.3. The number of nitrogens with zero attached hydrogens (tertiary/aromatic N) is 4. The molecule has 0 atom stereocenters. The van der Waals surface area contributed by atoms with Crippen LogP contribution >= 0.6 is 0 Å². The van der Waals surface area contributed by atoms with E-state index in [0.29, 0.717) is 19.1 Å². The molecule has 0 N–H and O–H groups in total. The summed E-state index contributed by atoms with van der Waals surface area (Å²) in [5.41, 5.74) is 2.50. The van der Waals surface area contributed by atoms with Gasteiger partial charge in [-0.1, -0.05) is 13.3 Å². The standard InChI is InChI=1S/C30H46N4O3/c1-6-7-18-33(4)20-10-23-36-27-15-16-28-29(24-27)37-30(31-28)25-11-13-26(14-12-25)35-22-9-21-34(5)19-8-17-32(2)3/h11-16,24H,6-10,17-23H2,1-5H3. The highest BCUT2D eigenvalue weighted by molar-refractivity contribution is 5.77.